The summed E-state index contributed by atoms with van der Waals surface area (Å²) in [5.41, 5.74) is 5.69. The molecule has 0 saturated carbocycles. The number of carbonyl (C=O) groups is 3. The first-order valence-corrected chi connectivity index (χ1v) is 8.41. The largest absolute Gasteiger partial charge is 0.469 e. The van der Waals surface area contributed by atoms with E-state index in [-0.39, 0.29) is 29.4 Å². The molecule has 0 fully saturated rings. The van der Waals surface area contributed by atoms with Crippen molar-refractivity contribution in [2.24, 2.45) is 0 Å². The summed E-state index contributed by atoms with van der Waals surface area (Å²) in [5.74, 6) is -1.48. The molecule has 9 nitrogen and oxygen atoms in total. The lowest BCUT2D eigenvalue weighted by molar-refractivity contribution is -0.140. The molecule has 0 saturated heterocycles. The molecular weight excluding hydrogens is 366 g/mol. The maximum atomic E-state index is 13.6. The van der Waals surface area contributed by atoms with E-state index in [1.54, 1.807) is 24.3 Å². The number of amides is 1. The molecule has 1 atom stereocenters. The van der Waals surface area contributed by atoms with Crippen LogP contribution in [0, 0.1) is 0 Å². The van der Waals surface area contributed by atoms with Gasteiger partial charge in [0.05, 0.1) is 26.2 Å². The number of rotatable bonds is 3. The quantitative estimate of drug-likeness (QED) is 0.778. The van der Waals surface area contributed by atoms with Gasteiger partial charge >= 0.3 is 11.9 Å². The van der Waals surface area contributed by atoms with Crippen LogP contribution in [0.2, 0.25) is 0 Å². The second-order valence-corrected chi connectivity index (χ2v) is 6.46. The van der Waals surface area contributed by atoms with E-state index in [0.717, 1.165) is 0 Å². The van der Waals surface area contributed by atoms with Gasteiger partial charge in [-0.1, -0.05) is 24.3 Å². The minimum Gasteiger partial charge on any atom is -0.469 e. The van der Waals surface area contributed by atoms with Gasteiger partial charge in [0.25, 0.3) is 6.01 Å². The molecule has 28 heavy (non-hydrogen) atoms. The number of oxazole rings is 1. The number of aromatic nitrogens is 1. The summed E-state index contributed by atoms with van der Waals surface area (Å²) < 4.78 is 15.3. The summed E-state index contributed by atoms with van der Waals surface area (Å²) in [6.07, 6.45) is -0.282. The standard InChI is InChI=1S/C19H17N3O6/c1-22-11(8-12(23)26-2)13(16(24)27-3)19(17(22)25)10-7-5-4-6-9(10)14-15(19)21-18(20)28-14/h4-7H,8H2,1-3H3,(H2,20,21). The molecule has 2 aromatic rings. The first kappa shape index (κ1) is 17.8. The molecule has 0 bridgehead atoms. The third-order valence-electron chi connectivity index (χ3n) is 5.20. The van der Waals surface area contributed by atoms with Gasteiger partial charge in [0.1, 0.15) is 5.69 Å². The molecule has 2 heterocycles. The summed E-state index contributed by atoms with van der Waals surface area (Å²) in [7, 11) is 3.93. The zero-order chi connectivity index (χ0) is 20.2. The van der Waals surface area contributed by atoms with Crippen LogP contribution in [-0.2, 0) is 29.3 Å². The number of esters is 2. The fourth-order valence-electron chi connectivity index (χ4n) is 4.03. The number of anilines is 1. The van der Waals surface area contributed by atoms with Crippen molar-refractivity contribution in [1.82, 2.24) is 9.88 Å². The number of hydrogen-bond donors (Lipinski definition) is 1. The number of carbonyl (C=O) groups excluding carboxylic acids is 3. The number of benzene rings is 1. The summed E-state index contributed by atoms with van der Waals surface area (Å²) in [5, 5.41) is 0. The van der Waals surface area contributed by atoms with Gasteiger partial charge in [0.15, 0.2) is 11.2 Å². The molecule has 2 aliphatic rings. The number of likely N-dealkylation sites (N-methyl/N-ethyl adjacent to an activating group) is 1. The van der Waals surface area contributed by atoms with Crippen molar-refractivity contribution in [3.8, 4) is 11.3 Å². The van der Waals surface area contributed by atoms with Gasteiger partial charge in [-0.3, -0.25) is 9.59 Å². The minimum atomic E-state index is -1.60. The van der Waals surface area contributed by atoms with Crippen LogP contribution < -0.4 is 5.73 Å². The van der Waals surface area contributed by atoms with Crippen molar-refractivity contribution >= 4 is 23.9 Å². The molecule has 1 aliphatic carbocycles. The number of ether oxygens (including phenoxy) is 2. The SMILES string of the molecule is COC(=O)CC1=C(C(=O)OC)C2(C(=O)N1C)c1ccccc1-c1oc(N)nc12. The minimum absolute atomic E-state index is 0.00685. The Hall–Kier alpha value is -3.62. The van der Waals surface area contributed by atoms with E-state index in [4.69, 9.17) is 19.6 Å². The van der Waals surface area contributed by atoms with E-state index in [9.17, 15) is 14.4 Å². The topological polar surface area (TPSA) is 125 Å². The first-order chi connectivity index (χ1) is 13.4. The maximum absolute atomic E-state index is 13.6. The van der Waals surface area contributed by atoms with Crippen LogP contribution in [0.4, 0.5) is 6.01 Å². The molecule has 9 heteroatoms. The lowest BCUT2D eigenvalue weighted by Gasteiger charge is -2.25. The van der Waals surface area contributed by atoms with Gasteiger partial charge in [-0.2, -0.15) is 4.98 Å². The van der Waals surface area contributed by atoms with Gasteiger partial charge < -0.3 is 24.5 Å². The van der Waals surface area contributed by atoms with Crippen LogP contribution in [0.3, 0.4) is 0 Å². The van der Waals surface area contributed by atoms with Gasteiger partial charge in [-0.05, 0) is 5.56 Å². The Morgan fingerprint density at radius 2 is 1.96 bits per heavy atom. The summed E-state index contributed by atoms with van der Waals surface area (Å²) in [6.45, 7) is 0. The highest BCUT2D eigenvalue weighted by Crippen LogP contribution is 2.57. The third kappa shape index (κ3) is 2.01. The Morgan fingerprint density at radius 3 is 2.64 bits per heavy atom. The lowest BCUT2D eigenvalue weighted by atomic mass is 9.74. The number of methoxy groups -OCH3 is 2. The summed E-state index contributed by atoms with van der Waals surface area (Å²) in [6, 6.07) is 6.88. The molecule has 4 rings (SSSR count). The number of hydrogen-bond acceptors (Lipinski definition) is 8. The average molecular weight is 383 g/mol. The highest BCUT2D eigenvalue weighted by molar-refractivity contribution is 6.14. The van der Waals surface area contributed by atoms with Gasteiger partial charge in [-0.25, -0.2) is 4.79 Å². The Morgan fingerprint density at radius 1 is 1.25 bits per heavy atom. The Labute approximate surface area is 159 Å². The van der Waals surface area contributed by atoms with E-state index in [2.05, 4.69) is 4.98 Å². The van der Waals surface area contributed by atoms with Gasteiger partial charge in [-0.15, -0.1) is 0 Å². The molecule has 0 radical (unpaired) electrons. The van der Waals surface area contributed by atoms with Gasteiger partial charge in [0.2, 0.25) is 5.91 Å². The van der Waals surface area contributed by atoms with Crippen molar-refractivity contribution in [3.05, 3.63) is 46.8 Å². The molecule has 2 N–H and O–H groups in total. The second kappa shape index (κ2) is 5.95. The van der Waals surface area contributed by atoms with Crippen molar-refractivity contribution < 1.29 is 28.3 Å². The maximum Gasteiger partial charge on any atom is 0.337 e. The molecule has 1 aliphatic heterocycles. The fourth-order valence-corrected chi connectivity index (χ4v) is 4.03. The van der Waals surface area contributed by atoms with Crippen LogP contribution in [-0.4, -0.2) is 49.0 Å². The van der Waals surface area contributed by atoms with Crippen molar-refractivity contribution in [2.75, 3.05) is 27.0 Å². The smallest absolute Gasteiger partial charge is 0.337 e. The van der Waals surface area contributed by atoms with Crippen LogP contribution in [0.1, 0.15) is 17.7 Å². The van der Waals surface area contributed by atoms with Crippen LogP contribution in [0.15, 0.2) is 40.0 Å². The van der Waals surface area contributed by atoms with Crippen molar-refractivity contribution in [2.45, 2.75) is 11.8 Å². The zero-order valence-corrected chi connectivity index (χ0v) is 15.4. The number of nitrogens with zero attached hydrogens (tertiary/aromatic N) is 2. The summed E-state index contributed by atoms with van der Waals surface area (Å²) in [4.78, 5) is 43.9. The van der Waals surface area contributed by atoms with Gasteiger partial charge in [0, 0.05) is 18.3 Å². The molecule has 1 amide bonds. The molecule has 1 aromatic heterocycles. The van der Waals surface area contributed by atoms with E-state index in [1.165, 1.54) is 26.2 Å². The van der Waals surface area contributed by atoms with E-state index < -0.39 is 23.3 Å². The number of nitrogen functional groups attached to an aromatic ring is 1. The van der Waals surface area contributed by atoms with Crippen molar-refractivity contribution in [1.29, 1.82) is 0 Å². The zero-order valence-electron chi connectivity index (χ0n) is 15.4. The Balaban J connectivity index is 2.10. The molecule has 144 valence electrons. The Bertz CT molecular complexity index is 1070. The van der Waals surface area contributed by atoms with Crippen LogP contribution >= 0.6 is 0 Å². The first-order valence-electron chi connectivity index (χ1n) is 8.41. The number of nitrogens with two attached hydrogens (primary N) is 1. The molecular formula is C19H17N3O6. The molecule has 1 aromatic carbocycles. The van der Waals surface area contributed by atoms with Crippen molar-refractivity contribution in [3.63, 3.8) is 0 Å². The van der Waals surface area contributed by atoms with Crippen LogP contribution in [0.5, 0.6) is 0 Å². The molecule has 1 unspecified atom stereocenters. The fraction of sp³-hybridized carbons (Fsp3) is 0.263. The second-order valence-electron chi connectivity index (χ2n) is 6.46. The highest BCUT2D eigenvalue weighted by atomic mass is 16.5. The Kier molecular flexibility index (Phi) is 3.77. The van der Waals surface area contributed by atoms with E-state index >= 15 is 0 Å². The number of fused-ring (bicyclic) bond motifs is 5. The summed E-state index contributed by atoms with van der Waals surface area (Å²) >= 11 is 0. The van der Waals surface area contributed by atoms with E-state index in [1.807, 2.05) is 0 Å². The average Bonchev–Trinajstić information content (AvgIpc) is 3.27. The lowest BCUT2D eigenvalue weighted by Crippen LogP contribution is -2.41. The molecule has 1 spiro atoms. The highest BCUT2D eigenvalue weighted by Gasteiger charge is 2.63. The van der Waals surface area contributed by atoms with E-state index in [0.29, 0.717) is 16.9 Å². The predicted molar refractivity (Wildman–Crippen MR) is 95.6 cm³/mol. The third-order valence-corrected chi connectivity index (χ3v) is 5.20. The predicted octanol–water partition coefficient (Wildman–Crippen LogP) is 0.985. The monoisotopic (exact) mass is 383 g/mol. The van der Waals surface area contributed by atoms with Crippen LogP contribution in [0.25, 0.3) is 11.3 Å². The normalized spacial score (nSPS) is 19.8.